The first-order valence-corrected chi connectivity index (χ1v) is 9.05. The maximum atomic E-state index is 6.10. The number of fused-ring (bicyclic) bond motifs is 1. The molecule has 3 atom stereocenters. The van der Waals surface area contributed by atoms with E-state index in [1.54, 1.807) is 0 Å². The predicted octanol–water partition coefficient (Wildman–Crippen LogP) is 1.99. The highest BCUT2D eigenvalue weighted by atomic mass is 35.5. The molecule has 3 heterocycles. The zero-order valence-electron chi connectivity index (χ0n) is 14.6. The number of nitrogens with one attached hydrogen (secondary N) is 1. The molecule has 0 saturated carbocycles. The van der Waals surface area contributed by atoms with Gasteiger partial charge in [0, 0.05) is 39.3 Å². The van der Waals surface area contributed by atoms with Crippen LogP contribution in [0.3, 0.4) is 0 Å². The zero-order chi connectivity index (χ0) is 15.7. The van der Waals surface area contributed by atoms with Crippen molar-refractivity contribution in [2.45, 2.75) is 32.0 Å². The number of ether oxygens (including phenoxy) is 1. The molecule has 3 saturated heterocycles. The van der Waals surface area contributed by atoms with Crippen LogP contribution in [0, 0.1) is 5.41 Å². The Labute approximate surface area is 151 Å². The van der Waals surface area contributed by atoms with Crippen LogP contribution in [0.25, 0.3) is 0 Å². The van der Waals surface area contributed by atoms with Crippen molar-refractivity contribution in [3.8, 4) is 0 Å². The number of halogens is 1. The molecule has 24 heavy (non-hydrogen) atoms. The van der Waals surface area contributed by atoms with Crippen molar-refractivity contribution in [3.05, 3.63) is 35.9 Å². The van der Waals surface area contributed by atoms with Gasteiger partial charge in [0.25, 0.3) is 0 Å². The molecule has 0 radical (unpaired) electrons. The van der Waals surface area contributed by atoms with Gasteiger partial charge in [0.05, 0.1) is 18.8 Å². The number of hydrogen-bond donors (Lipinski definition) is 1. The first kappa shape index (κ1) is 18.2. The molecule has 1 N–H and O–H groups in total. The molecule has 5 heteroatoms. The minimum Gasteiger partial charge on any atom is -0.374 e. The van der Waals surface area contributed by atoms with Crippen LogP contribution in [0.2, 0.25) is 0 Å². The molecule has 0 spiro atoms. The summed E-state index contributed by atoms with van der Waals surface area (Å²) < 4.78 is 6.10. The molecule has 1 unspecified atom stereocenters. The molecule has 134 valence electrons. The second-order valence-corrected chi connectivity index (χ2v) is 7.86. The van der Waals surface area contributed by atoms with E-state index in [0.717, 1.165) is 39.3 Å². The van der Waals surface area contributed by atoms with Gasteiger partial charge in [0.1, 0.15) is 0 Å². The minimum atomic E-state index is 0. The summed E-state index contributed by atoms with van der Waals surface area (Å²) in [6, 6.07) is 11.4. The van der Waals surface area contributed by atoms with Gasteiger partial charge in [0.2, 0.25) is 0 Å². The Balaban J connectivity index is 0.00000169. The van der Waals surface area contributed by atoms with Gasteiger partial charge >= 0.3 is 0 Å². The first-order chi connectivity index (χ1) is 11.2. The number of likely N-dealkylation sites (tertiary alicyclic amines) is 1. The standard InChI is InChI=1S/C19H29N3O.ClH/c1-19(7-8-20-14-19)15-21-12-17-18(13-21)23-10-9-22(17)11-16-5-3-2-4-6-16;/h2-6,17-18,20H,7-15H2,1H3;1H/t17-,18+,19?;/m1./s1. The van der Waals surface area contributed by atoms with E-state index in [9.17, 15) is 0 Å². The lowest BCUT2D eigenvalue weighted by atomic mass is 9.89. The van der Waals surface area contributed by atoms with E-state index in [0.29, 0.717) is 17.6 Å². The van der Waals surface area contributed by atoms with Crippen LogP contribution in [-0.2, 0) is 11.3 Å². The summed E-state index contributed by atoms with van der Waals surface area (Å²) >= 11 is 0. The van der Waals surface area contributed by atoms with Crippen molar-refractivity contribution < 1.29 is 4.74 Å². The monoisotopic (exact) mass is 351 g/mol. The summed E-state index contributed by atoms with van der Waals surface area (Å²) in [6.07, 6.45) is 1.69. The highest BCUT2D eigenvalue weighted by molar-refractivity contribution is 5.85. The van der Waals surface area contributed by atoms with Gasteiger partial charge in [-0.3, -0.25) is 9.80 Å². The number of morpholine rings is 1. The Hall–Kier alpha value is -0.650. The van der Waals surface area contributed by atoms with Crippen LogP contribution in [0.15, 0.2) is 30.3 Å². The van der Waals surface area contributed by atoms with Gasteiger partial charge in [-0.25, -0.2) is 0 Å². The van der Waals surface area contributed by atoms with E-state index < -0.39 is 0 Å². The lowest BCUT2D eigenvalue weighted by Gasteiger charge is -2.37. The molecule has 0 aliphatic carbocycles. The summed E-state index contributed by atoms with van der Waals surface area (Å²) in [5, 5.41) is 3.52. The molecule has 4 rings (SSSR count). The third-order valence-corrected chi connectivity index (χ3v) is 5.78. The SMILES string of the molecule is CC1(CN2C[C@@H]3OCCN(Cc4ccccc4)[C@@H]3C2)CCNC1.Cl. The Morgan fingerprint density at radius 2 is 2.08 bits per heavy atom. The summed E-state index contributed by atoms with van der Waals surface area (Å²) in [4.78, 5) is 5.28. The molecule has 3 aliphatic rings. The highest BCUT2D eigenvalue weighted by Crippen LogP contribution is 2.30. The quantitative estimate of drug-likeness (QED) is 0.898. The molecule has 1 aromatic carbocycles. The third kappa shape index (κ3) is 3.94. The molecule has 4 nitrogen and oxygen atoms in total. The molecular weight excluding hydrogens is 322 g/mol. The van der Waals surface area contributed by atoms with E-state index in [1.807, 2.05) is 0 Å². The smallest absolute Gasteiger partial charge is 0.0870 e. The van der Waals surface area contributed by atoms with E-state index in [1.165, 1.54) is 25.1 Å². The van der Waals surface area contributed by atoms with E-state index in [4.69, 9.17) is 4.74 Å². The maximum Gasteiger partial charge on any atom is 0.0870 e. The first-order valence-electron chi connectivity index (χ1n) is 9.05. The lowest BCUT2D eigenvalue weighted by Crippen LogP contribution is -2.50. The maximum absolute atomic E-state index is 6.10. The summed E-state index contributed by atoms with van der Waals surface area (Å²) in [5.74, 6) is 0. The Morgan fingerprint density at radius 3 is 2.83 bits per heavy atom. The van der Waals surface area contributed by atoms with Crippen LogP contribution in [-0.4, -0.2) is 67.8 Å². The van der Waals surface area contributed by atoms with Gasteiger partial charge in [-0.2, -0.15) is 0 Å². The summed E-state index contributed by atoms with van der Waals surface area (Å²) in [5.41, 5.74) is 1.86. The van der Waals surface area contributed by atoms with Crippen LogP contribution in [0.4, 0.5) is 0 Å². The second kappa shape index (κ2) is 7.71. The molecule has 0 amide bonds. The fourth-order valence-corrected chi connectivity index (χ4v) is 4.52. The van der Waals surface area contributed by atoms with Crippen molar-refractivity contribution in [1.82, 2.24) is 15.1 Å². The highest BCUT2D eigenvalue weighted by Gasteiger charge is 2.42. The number of hydrogen-bond acceptors (Lipinski definition) is 4. The van der Waals surface area contributed by atoms with Crippen LogP contribution in [0.5, 0.6) is 0 Å². The summed E-state index contributed by atoms with van der Waals surface area (Å²) in [7, 11) is 0. The molecule has 3 fully saturated rings. The number of nitrogens with zero attached hydrogens (tertiary/aromatic N) is 2. The largest absolute Gasteiger partial charge is 0.374 e. The minimum absolute atomic E-state index is 0. The Kier molecular flexibility index (Phi) is 5.83. The fraction of sp³-hybridized carbons (Fsp3) is 0.684. The zero-order valence-corrected chi connectivity index (χ0v) is 15.4. The second-order valence-electron chi connectivity index (χ2n) is 7.86. The van der Waals surface area contributed by atoms with Crippen molar-refractivity contribution in [3.63, 3.8) is 0 Å². The van der Waals surface area contributed by atoms with Gasteiger partial charge in [-0.15, -0.1) is 12.4 Å². The van der Waals surface area contributed by atoms with Gasteiger partial charge < -0.3 is 10.1 Å². The Morgan fingerprint density at radius 1 is 1.25 bits per heavy atom. The van der Waals surface area contributed by atoms with Gasteiger partial charge in [-0.05, 0) is 23.9 Å². The van der Waals surface area contributed by atoms with E-state index in [-0.39, 0.29) is 12.4 Å². The predicted molar refractivity (Wildman–Crippen MR) is 99.7 cm³/mol. The van der Waals surface area contributed by atoms with Crippen LogP contribution in [0.1, 0.15) is 18.9 Å². The molecule has 0 aromatic heterocycles. The Bertz CT molecular complexity index is 521. The average Bonchev–Trinajstić information content (AvgIpc) is 3.15. The van der Waals surface area contributed by atoms with Crippen molar-refractivity contribution in [2.75, 3.05) is 45.9 Å². The van der Waals surface area contributed by atoms with Crippen molar-refractivity contribution in [1.29, 1.82) is 0 Å². The third-order valence-electron chi connectivity index (χ3n) is 5.78. The number of benzene rings is 1. The van der Waals surface area contributed by atoms with Crippen LogP contribution < -0.4 is 5.32 Å². The molecule has 1 aromatic rings. The summed E-state index contributed by atoms with van der Waals surface area (Å²) in [6.45, 7) is 11.2. The van der Waals surface area contributed by atoms with Crippen molar-refractivity contribution >= 4 is 12.4 Å². The van der Waals surface area contributed by atoms with E-state index in [2.05, 4.69) is 52.4 Å². The topological polar surface area (TPSA) is 27.7 Å². The molecule has 0 bridgehead atoms. The van der Waals surface area contributed by atoms with Gasteiger partial charge in [-0.1, -0.05) is 37.3 Å². The normalized spacial score (nSPS) is 34.0. The average molecular weight is 352 g/mol. The van der Waals surface area contributed by atoms with Crippen molar-refractivity contribution in [2.24, 2.45) is 5.41 Å². The molecular formula is C19H30ClN3O. The fourth-order valence-electron chi connectivity index (χ4n) is 4.52. The molecule has 3 aliphatic heterocycles. The van der Waals surface area contributed by atoms with E-state index >= 15 is 0 Å². The van der Waals surface area contributed by atoms with Gasteiger partial charge in [0.15, 0.2) is 0 Å². The van der Waals surface area contributed by atoms with Crippen LogP contribution >= 0.6 is 12.4 Å². The number of rotatable bonds is 4. The lowest BCUT2D eigenvalue weighted by molar-refractivity contribution is -0.0505.